The Labute approximate surface area is 212 Å². The Balaban J connectivity index is 1.26. The summed E-state index contributed by atoms with van der Waals surface area (Å²) in [6.07, 6.45) is -0.237. The van der Waals surface area contributed by atoms with Crippen molar-refractivity contribution in [3.63, 3.8) is 0 Å². The lowest BCUT2D eigenvalue weighted by Gasteiger charge is -2.15. The highest BCUT2D eigenvalue weighted by Gasteiger charge is 2.36. The summed E-state index contributed by atoms with van der Waals surface area (Å²) < 4.78 is 24.5. The molecule has 6 heteroatoms. The van der Waals surface area contributed by atoms with Gasteiger partial charge in [0.1, 0.15) is 13.2 Å². The molecular weight excluding hydrogens is 469 g/mol. The molecule has 0 aliphatic heterocycles. The number of fused-ring (bicyclic) bond motifs is 3. The SMILES string of the molecule is O=C(NC(Cc1ccccc1)[P+](=O)OCc1ccccc1)OCC1c2ccccc2-c2ccccc21. The molecule has 1 amide bonds. The van der Waals surface area contributed by atoms with E-state index in [1.807, 2.05) is 84.9 Å². The number of carbonyl (C=O) groups excluding carboxylic acids is 1. The van der Waals surface area contributed by atoms with Crippen LogP contribution in [0, 0.1) is 0 Å². The average molecular weight is 497 g/mol. The molecule has 0 spiro atoms. The quantitative estimate of drug-likeness (QED) is 0.252. The molecule has 0 aromatic heterocycles. The maximum absolute atomic E-state index is 13.1. The molecule has 5 nitrogen and oxygen atoms in total. The van der Waals surface area contributed by atoms with Gasteiger partial charge in [0, 0.05) is 12.3 Å². The molecule has 0 heterocycles. The summed E-state index contributed by atoms with van der Waals surface area (Å²) in [5.74, 6) is -0.763. The van der Waals surface area contributed by atoms with Crippen molar-refractivity contribution < 1.29 is 18.6 Å². The number of rotatable bonds is 9. The highest BCUT2D eigenvalue weighted by molar-refractivity contribution is 7.40. The fourth-order valence-corrected chi connectivity index (χ4v) is 5.62. The molecule has 0 saturated carbocycles. The number of carbonyl (C=O) groups is 1. The summed E-state index contributed by atoms with van der Waals surface area (Å²) in [6, 6.07) is 35.6. The van der Waals surface area contributed by atoms with Gasteiger partial charge < -0.3 is 4.74 Å². The van der Waals surface area contributed by atoms with Gasteiger partial charge in [0.15, 0.2) is 0 Å². The smallest absolute Gasteiger partial charge is 0.448 e. The van der Waals surface area contributed by atoms with Gasteiger partial charge in [-0.1, -0.05) is 109 Å². The van der Waals surface area contributed by atoms with Gasteiger partial charge in [-0.05, 0) is 37.9 Å². The molecule has 180 valence electrons. The molecule has 1 aliphatic carbocycles. The summed E-state index contributed by atoms with van der Waals surface area (Å²) in [7, 11) is -2.19. The van der Waals surface area contributed by atoms with Crippen LogP contribution in [0.25, 0.3) is 11.1 Å². The molecule has 0 fully saturated rings. The summed E-state index contributed by atoms with van der Waals surface area (Å²) in [5, 5.41) is 2.80. The van der Waals surface area contributed by atoms with E-state index in [4.69, 9.17) is 9.26 Å². The molecule has 0 radical (unpaired) electrons. The summed E-state index contributed by atoms with van der Waals surface area (Å²) in [5.41, 5.74) is 6.49. The number of ether oxygens (including phenoxy) is 1. The first-order valence-corrected chi connectivity index (χ1v) is 13.2. The summed E-state index contributed by atoms with van der Waals surface area (Å²) in [4.78, 5) is 12.9. The average Bonchev–Trinajstić information content (AvgIpc) is 3.25. The van der Waals surface area contributed by atoms with E-state index in [0.29, 0.717) is 6.42 Å². The minimum atomic E-state index is -2.19. The van der Waals surface area contributed by atoms with E-state index < -0.39 is 19.9 Å². The van der Waals surface area contributed by atoms with Crippen molar-refractivity contribution in [3.05, 3.63) is 131 Å². The van der Waals surface area contributed by atoms with Gasteiger partial charge in [0.05, 0.1) is 0 Å². The minimum absolute atomic E-state index is 0.0428. The lowest BCUT2D eigenvalue weighted by atomic mass is 9.98. The minimum Gasteiger partial charge on any atom is -0.448 e. The van der Waals surface area contributed by atoms with Crippen molar-refractivity contribution in [3.8, 4) is 11.1 Å². The van der Waals surface area contributed by atoms with Crippen LogP contribution in [0.1, 0.15) is 28.2 Å². The van der Waals surface area contributed by atoms with Crippen LogP contribution in [0.4, 0.5) is 4.79 Å². The third-order valence-corrected chi connectivity index (χ3v) is 7.56. The van der Waals surface area contributed by atoms with Gasteiger partial charge in [0.2, 0.25) is 0 Å². The summed E-state index contributed by atoms with van der Waals surface area (Å²) in [6.45, 7) is 0.396. The lowest BCUT2D eigenvalue weighted by molar-refractivity contribution is 0.141. The van der Waals surface area contributed by atoms with Crippen LogP contribution in [0.5, 0.6) is 0 Å². The first kappa shape index (κ1) is 23.9. The van der Waals surface area contributed by atoms with Crippen LogP contribution in [-0.4, -0.2) is 18.5 Å². The van der Waals surface area contributed by atoms with E-state index in [-0.39, 0.29) is 19.1 Å². The zero-order valence-corrected chi connectivity index (χ0v) is 20.6. The number of hydrogen-bond donors (Lipinski definition) is 1. The van der Waals surface area contributed by atoms with E-state index >= 15 is 0 Å². The standard InChI is InChI=1S/C30H26NO4P/c32-30(34-21-28-26-17-9-7-15-24(26)25-16-8-10-18-27(25)28)31-29(19-22-11-3-1-4-12-22)36(33)35-20-23-13-5-2-6-14-23/h1-18,28-29H,19-21H2/p+1. The number of amides is 1. The van der Waals surface area contributed by atoms with Crippen molar-refractivity contribution in [2.75, 3.05) is 6.61 Å². The molecule has 2 atom stereocenters. The zero-order chi connectivity index (χ0) is 24.7. The number of nitrogens with one attached hydrogen (secondary N) is 1. The van der Waals surface area contributed by atoms with Gasteiger partial charge in [-0.3, -0.25) is 5.32 Å². The third kappa shape index (κ3) is 5.54. The number of alkyl carbamates (subject to hydrolysis) is 1. The van der Waals surface area contributed by atoms with E-state index in [1.54, 1.807) is 0 Å². The second kappa shape index (κ2) is 11.3. The fourth-order valence-electron chi connectivity index (χ4n) is 4.59. The first-order chi connectivity index (χ1) is 17.7. The predicted molar refractivity (Wildman–Crippen MR) is 141 cm³/mol. The summed E-state index contributed by atoms with van der Waals surface area (Å²) >= 11 is 0. The Morgan fingerprint density at radius 1 is 0.750 bits per heavy atom. The molecule has 4 aromatic rings. The maximum Gasteiger partial charge on any atom is 0.534 e. The van der Waals surface area contributed by atoms with Crippen molar-refractivity contribution in [1.29, 1.82) is 0 Å². The normalized spacial score (nSPS) is 13.4. The van der Waals surface area contributed by atoms with Crippen LogP contribution in [0.2, 0.25) is 0 Å². The second-order valence-electron chi connectivity index (χ2n) is 8.72. The van der Waals surface area contributed by atoms with Crippen molar-refractivity contribution in [1.82, 2.24) is 5.32 Å². The van der Waals surface area contributed by atoms with Crippen LogP contribution >= 0.6 is 8.03 Å². The number of benzene rings is 4. The topological polar surface area (TPSA) is 64.6 Å². The molecule has 2 unspecified atom stereocenters. The van der Waals surface area contributed by atoms with E-state index in [1.165, 1.54) is 11.1 Å². The molecule has 0 saturated heterocycles. The van der Waals surface area contributed by atoms with Crippen LogP contribution < -0.4 is 5.32 Å². The molecule has 0 bridgehead atoms. The van der Waals surface area contributed by atoms with Gasteiger partial charge in [-0.25, -0.2) is 4.79 Å². The van der Waals surface area contributed by atoms with Crippen LogP contribution in [-0.2, 0) is 26.9 Å². The van der Waals surface area contributed by atoms with Gasteiger partial charge in [0.25, 0.3) is 5.78 Å². The van der Waals surface area contributed by atoms with Crippen molar-refractivity contribution in [2.24, 2.45) is 0 Å². The monoisotopic (exact) mass is 496 g/mol. The highest BCUT2D eigenvalue weighted by atomic mass is 31.1. The predicted octanol–water partition coefficient (Wildman–Crippen LogP) is 7.05. The molecular formula is C30H27NO4P+. The highest BCUT2D eigenvalue weighted by Crippen LogP contribution is 2.44. The largest absolute Gasteiger partial charge is 0.534 e. The fraction of sp³-hybridized carbons (Fsp3) is 0.167. The maximum atomic E-state index is 13.1. The van der Waals surface area contributed by atoms with Crippen molar-refractivity contribution >= 4 is 14.1 Å². The number of hydrogen-bond acceptors (Lipinski definition) is 4. The van der Waals surface area contributed by atoms with Gasteiger partial charge in [-0.2, -0.15) is 0 Å². The van der Waals surface area contributed by atoms with E-state index in [0.717, 1.165) is 22.3 Å². The van der Waals surface area contributed by atoms with Crippen LogP contribution in [0.15, 0.2) is 109 Å². The van der Waals surface area contributed by atoms with E-state index in [9.17, 15) is 9.36 Å². The third-order valence-electron chi connectivity index (χ3n) is 6.36. The first-order valence-electron chi connectivity index (χ1n) is 12.0. The Hall–Kier alpha value is -3.79. The molecule has 36 heavy (non-hydrogen) atoms. The van der Waals surface area contributed by atoms with Crippen LogP contribution in [0.3, 0.4) is 0 Å². The Kier molecular flexibility index (Phi) is 7.51. The molecule has 4 aromatic carbocycles. The lowest BCUT2D eigenvalue weighted by Crippen LogP contribution is -2.35. The molecule has 1 aliphatic rings. The Morgan fingerprint density at radius 2 is 1.28 bits per heavy atom. The zero-order valence-electron chi connectivity index (χ0n) is 19.7. The Morgan fingerprint density at radius 3 is 1.89 bits per heavy atom. The van der Waals surface area contributed by atoms with Gasteiger partial charge >= 0.3 is 14.1 Å². The van der Waals surface area contributed by atoms with Gasteiger partial charge in [-0.15, -0.1) is 4.52 Å². The van der Waals surface area contributed by atoms with E-state index in [2.05, 4.69) is 29.6 Å². The molecule has 1 N–H and O–H groups in total. The molecule has 5 rings (SSSR count). The Bertz CT molecular complexity index is 1300. The van der Waals surface area contributed by atoms with Crippen molar-refractivity contribution in [2.45, 2.75) is 24.7 Å². The second-order valence-corrected chi connectivity index (χ2v) is 10.2.